The van der Waals surface area contributed by atoms with Gasteiger partial charge in [0.15, 0.2) is 0 Å². The zero-order valence-electron chi connectivity index (χ0n) is 11.5. The van der Waals surface area contributed by atoms with Crippen LogP contribution in [-0.2, 0) is 4.74 Å². The van der Waals surface area contributed by atoms with Crippen LogP contribution in [0.25, 0.3) is 0 Å². The first-order valence-corrected chi connectivity index (χ1v) is 7.22. The molecule has 0 bridgehead atoms. The molecule has 0 radical (unpaired) electrons. The molecule has 1 aromatic heterocycles. The summed E-state index contributed by atoms with van der Waals surface area (Å²) in [5.41, 5.74) is 1.17. The van der Waals surface area contributed by atoms with Crippen molar-refractivity contribution < 1.29 is 9.47 Å². The molecule has 1 aromatic rings. The van der Waals surface area contributed by atoms with Crippen LogP contribution in [0.3, 0.4) is 0 Å². The molecule has 2 atom stereocenters. The Morgan fingerprint density at radius 1 is 1.37 bits per heavy atom. The lowest BCUT2D eigenvalue weighted by Gasteiger charge is -2.32. The second-order valence-electron chi connectivity index (χ2n) is 5.51. The summed E-state index contributed by atoms with van der Waals surface area (Å²) in [6.45, 7) is 1.91. The summed E-state index contributed by atoms with van der Waals surface area (Å²) >= 11 is 0. The van der Waals surface area contributed by atoms with Crippen molar-refractivity contribution in [1.29, 1.82) is 0 Å². The molecule has 104 valence electrons. The van der Waals surface area contributed by atoms with E-state index in [1.165, 1.54) is 24.8 Å². The highest BCUT2D eigenvalue weighted by Gasteiger charge is 2.29. The number of nitrogens with one attached hydrogen (secondary N) is 1. The average molecular weight is 262 g/mol. The standard InChI is InChI=1S/C15H22N2O2/c1-18-14-7-4-12(10-17-14)15-11(3-2-8-19-15)9-16-13-5-6-13/h4,7,10-11,13,15-16H,2-3,5-6,8-9H2,1H3. The van der Waals surface area contributed by atoms with Gasteiger partial charge in [-0.2, -0.15) is 0 Å². The van der Waals surface area contributed by atoms with Crippen LogP contribution in [0.5, 0.6) is 5.88 Å². The third kappa shape index (κ3) is 3.25. The molecule has 2 heterocycles. The van der Waals surface area contributed by atoms with Gasteiger partial charge in [-0.1, -0.05) is 0 Å². The molecule has 1 saturated carbocycles. The van der Waals surface area contributed by atoms with Crippen molar-refractivity contribution in [1.82, 2.24) is 10.3 Å². The smallest absolute Gasteiger partial charge is 0.212 e. The number of ether oxygens (including phenoxy) is 2. The highest BCUT2D eigenvalue weighted by molar-refractivity contribution is 5.20. The van der Waals surface area contributed by atoms with E-state index in [2.05, 4.69) is 16.4 Å². The van der Waals surface area contributed by atoms with Gasteiger partial charge in [-0.3, -0.25) is 0 Å². The predicted molar refractivity (Wildman–Crippen MR) is 73.2 cm³/mol. The van der Waals surface area contributed by atoms with E-state index in [9.17, 15) is 0 Å². The van der Waals surface area contributed by atoms with Gasteiger partial charge in [-0.15, -0.1) is 0 Å². The van der Waals surface area contributed by atoms with Gasteiger partial charge in [0, 0.05) is 37.4 Å². The Kier molecular flexibility index (Phi) is 3.99. The Bertz CT molecular complexity index is 403. The van der Waals surface area contributed by atoms with Crippen LogP contribution in [-0.4, -0.2) is 31.3 Å². The van der Waals surface area contributed by atoms with Crippen molar-refractivity contribution in [3.8, 4) is 5.88 Å². The Labute approximate surface area is 114 Å². The van der Waals surface area contributed by atoms with Gasteiger partial charge < -0.3 is 14.8 Å². The summed E-state index contributed by atoms with van der Waals surface area (Å²) in [6.07, 6.45) is 7.13. The lowest BCUT2D eigenvalue weighted by atomic mass is 9.90. The van der Waals surface area contributed by atoms with E-state index in [4.69, 9.17) is 9.47 Å². The number of nitrogens with zero attached hydrogens (tertiary/aromatic N) is 1. The fourth-order valence-corrected chi connectivity index (χ4v) is 2.71. The number of hydrogen-bond donors (Lipinski definition) is 1. The van der Waals surface area contributed by atoms with Crippen LogP contribution < -0.4 is 10.1 Å². The molecule has 4 heteroatoms. The molecule has 1 aliphatic heterocycles. The fraction of sp³-hybridized carbons (Fsp3) is 0.667. The molecular formula is C15H22N2O2. The monoisotopic (exact) mass is 262 g/mol. The molecule has 1 N–H and O–H groups in total. The Morgan fingerprint density at radius 2 is 2.26 bits per heavy atom. The lowest BCUT2D eigenvalue weighted by molar-refractivity contribution is -0.0280. The minimum Gasteiger partial charge on any atom is -0.481 e. The average Bonchev–Trinajstić information content (AvgIpc) is 3.30. The first-order chi connectivity index (χ1) is 9.36. The number of aromatic nitrogens is 1. The molecule has 0 aromatic carbocycles. The Balaban J connectivity index is 1.66. The number of hydrogen-bond acceptors (Lipinski definition) is 4. The predicted octanol–water partition coefficient (Wildman–Crippen LogP) is 2.31. The third-order valence-corrected chi connectivity index (χ3v) is 3.99. The number of rotatable bonds is 5. The topological polar surface area (TPSA) is 43.4 Å². The second-order valence-corrected chi connectivity index (χ2v) is 5.51. The summed E-state index contributed by atoms with van der Waals surface area (Å²) in [5, 5.41) is 3.62. The van der Waals surface area contributed by atoms with E-state index in [1.807, 2.05) is 12.3 Å². The van der Waals surface area contributed by atoms with E-state index >= 15 is 0 Å². The van der Waals surface area contributed by atoms with Crippen molar-refractivity contribution in [3.63, 3.8) is 0 Å². The van der Waals surface area contributed by atoms with Crippen molar-refractivity contribution in [3.05, 3.63) is 23.9 Å². The second kappa shape index (κ2) is 5.88. The van der Waals surface area contributed by atoms with E-state index in [1.54, 1.807) is 7.11 Å². The summed E-state index contributed by atoms with van der Waals surface area (Å²) < 4.78 is 11.1. The van der Waals surface area contributed by atoms with Gasteiger partial charge in [0.05, 0.1) is 13.2 Å². The van der Waals surface area contributed by atoms with Crippen LogP contribution in [0.4, 0.5) is 0 Å². The van der Waals surface area contributed by atoms with Gasteiger partial charge >= 0.3 is 0 Å². The summed E-state index contributed by atoms with van der Waals surface area (Å²) in [5.74, 6) is 1.22. The molecule has 2 aliphatic rings. The summed E-state index contributed by atoms with van der Waals surface area (Å²) in [4.78, 5) is 4.29. The molecule has 1 saturated heterocycles. The fourth-order valence-electron chi connectivity index (χ4n) is 2.71. The van der Waals surface area contributed by atoms with Crippen LogP contribution in [0, 0.1) is 5.92 Å². The van der Waals surface area contributed by atoms with Gasteiger partial charge in [0.1, 0.15) is 0 Å². The minimum atomic E-state index is 0.179. The maximum Gasteiger partial charge on any atom is 0.212 e. The van der Waals surface area contributed by atoms with Crippen molar-refractivity contribution in [2.24, 2.45) is 5.92 Å². The van der Waals surface area contributed by atoms with Crippen molar-refractivity contribution >= 4 is 0 Å². The summed E-state index contributed by atoms with van der Waals surface area (Å²) in [6, 6.07) is 4.75. The molecule has 3 rings (SSSR count). The molecule has 4 nitrogen and oxygen atoms in total. The van der Waals surface area contributed by atoms with E-state index in [0.717, 1.165) is 25.6 Å². The largest absolute Gasteiger partial charge is 0.481 e. The zero-order valence-corrected chi connectivity index (χ0v) is 11.5. The van der Waals surface area contributed by atoms with Gasteiger partial charge in [-0.25, -0.2) is 4.98 Å². The van der Waals surface area contributed by atoms with Crippen LogP contribution in [0.15, 0.2) is 18.3 Å². The normalized spacial score (nSPS) is 27.2. The van der Waals surface area contributed by atoms with Gasteiger partial charge in [0.25, 0.3) is 0 Å². The first kappa shape index (κ1) is 12.9. The van der Waals surface area contributed by atoms with Crippen LogP contribution in [0.1, 0.15) is 37.4 Å². The maximum absolute atomic E-state index is 5.98. The SMILES string of the molecule is COc1ccc(C2OCCCC2CNC2CC2)cn1. The highest BCUT2D eigenvalue weighted by Crippen LogP contribution is 2.34. The summed E-state index contributed by atoms with van der Waals surface area (Å²) in [7, 11) is 1.64. The molecule has 2 unspecified atom stereocenters. The van der Waals surface area contributed by atoms with Gasteiger partial charge in [0.2, 0.25) is 5.88 Å². The number of pyridine rings is 1. The van der Waals surface area contributed by atoms with E-state index in [0.29, 0.717) is 11.8 Å². The van der Waals surface area contributed by atoms with Crippen molar-refractivity contribution in [2.75, 3.05) is 20.3 Å². The van der Waals surface area contributed by atoms with Crippen LogP contribution >= 0.6 is 0 Å². The Morgan fingerprint density at radius 3 is 2.95 bits per heavy atom. The molecule has 0 spiro atoms. The lowest BCUT2D eigenvalue weighted by Crippen LogP contribution is -2.32. The molecule has 19 heavy (non-hydrogen) atoms. The van der Waals surface area contributed by atoms with Crippen LogP contribution in [0.2, 0.25) is 0 Å². The maximum atomic E-state index is 5.98. The number of methoxy groups -OCH3 is 1. The highest BCUT2D eigenvalue weighted by atomic mass is 16.5. The van der Waals surface area contributed by atoms with Gasteiger partial charge in [-0.05, 0) is 37.3 Å². The van der Waals surface area contributed by atoms with Crippen molar-refractivity contribution in [2.45, 2.75) is 37.8 Å². The Hall–Kier alpha value is -1.13. The molecule has 0 amide bonds. The van der Waals surface area contributed by atoms with E-state index in [-0.39, 0.29) is 6.10 Å². The molecular weight excluding hydrogens is 240 g/mol. The molecule has 2 fully saturated rings. The molecule has 1 aliphatic carbocycles. The van der Waals surface area contributed by atoms with E-state index < -0.39 is 0 Å². The quantitative estimate of drug-likeness (QED) is 0.884. The minimum absolute atomic E-state index is 0.179. The third-order valence-electron chi connectivity index (χ3n) is 3.99. The first-order valence-electron chi connectivity index (χ1n) is 7.22. The zero-order chi connectivity index (χ0) is 13.1.